The summed E-state index contributed by atoms with van der Waals surface area (Å²) in [6.45, 7) is 3.69. The van der Waals surface area contributed by atoms with Crippen molar-refractivity contribution in [2.75, 3.05) is 6.26 Å². The number of carbonyl (C=O) groups is 1. The summed E-state index contributed by atoms with van der Waals surface area (Å²) in [4.78, 5) is 11.6. The average molecular weight is 243 g/mol. The predicted molar refractivity (Wildman–Crippen MR) is 63.5 cm³/mol. The molecular weight excluding hydrogens is 226 g/mol. The Morgan fingerprint density at radius 3 is 2.50 bits per heavy atom. The van der Waals surface area contributed by atoms with E-state index >= 15 is 0 Å². The van der Waals surface area contributed by atoms with Crippen LogP contribution in [-0.2, 0) is 14.8 Å². The van der Waals surface area contributed by atoms with Crippen LogP contribution in [0.25, 0.3) is 0 Å². The van der Waals surface area contributed by atoms with E-state index in [1.807, 2.05) is 13.8 Å². The minimum atomic E-state index is -3.19. The van der Waals surface area contributed by atoms with Crippen LogP contribution in [0.15, 0.2) is 23.8 Å². The van der Waals surface area contributed by atoms with Crippen LogP contribution in [0.1, 0.15) is 20.3 Å². The van der Waals surface area contributed by atoms with Crippen molar-refractivity contribution < 1.29 is 13.2 Å². The topological polar surface area (TPSA) is 63.2 Å². The minimum absolute atomic E-state index is 0.0321. The predicted octanol–water partition coefficient (Wildman–Crippen LogP) is 1.02. The van der Waals surface area contributed by atoms with E-state index in [4.69, 9.17) is 0 Å². The van der Waals surface area contributed by atoms with Crippen molar-refractivity contribution in [3.8, 4) is 0 Å². The molecule has 0 aromatic rings. The summed E-state index contributed by atoms with van der Waals surface area (Å²) in [7, 11) is -3.19. The van der Waals surface area contributed by atoms with Crippen molar-refractivity contribution in [2.45, 2.75) is 26.3 Å². The molecule has 16 heavy (non-hydrogen) atoms. The van der Waals surface area contributed by atoms with Crippen molar-refractivity contribution in [3.63, 3.8) is 0 Å². The fourth-order valence-electron chi connectivity index (χ4n) is 1.50. The van der Waals surface area contributed by atoms with Crippen LogP contribution < -0.4 is 4.72 Å². The van der Waals surface area contributed by atoms with Gasteiger partial charge in [0, 0.05) is 17.5 Å². The van der Waals surface area contributed by atoms with Gasteiger partial charge >= 0.3 is 0 Å². The molecule has 0 aliphatic heterocycles. The molecule has 1 N–H and O–H groups in total. The molecule has 0 fully saturated rings. The first kappa shape index (κ1) is 13.1. The zero-order valence-electron chi connectivity index (χ0n) is 9.73. The Kier molecular flexibility index (Phi) is 4.04. The second kappa shape index (κ2) is 4.93. The molecule has 1 rings (SSSR count). The highest BCUT2D eigenvalue weighted by Gasteiger charge is 2.17. The molecular formula is C11H17NO3S. The van der Waals surface area contributed by atoms with Gasteiger partial charge in [0.15, 0.2) is 5.78 Å². The van der Waals surface area contributed by atoms with Gasteiger partial charge in [0.25, 0.3) is 0 Å². The SMILES string of the molecule is CC(C)C(=O)C1=CCC(NS(C)(=O)=O)C=C1. The Labute approximate surface area is 96.5 Å². The van der Waals surface area contributed by atoms with Gasteiger partial charge in [0.2, 0.25) is 10.0 Å². The summed E-state index contributed by atoms with van der Waals surface area (Å²) in [6.07, 6.45) is 6.84. The Bertz CT molecular complexity index is 432. The van der Waals surface area contributed by atoms with E-state index in [-0.39, 0.29) is 17.7 Å². The van der Waals surface area contributed by atoms with Gasteiger partial charge in [-0.2, -0.15) is 0 Å². The van der Waals surface area contributed by atoms with Crippen LogP contribution in [-0.4, -0.2) is 26.5 Å². The number of carbonyl (C=O) groups excluding carboxylic acids is 1. The average Bonchev–Trinajstić information content (AvgIpc) is 2.15. The van der Waals surface area contributed by atoms with E-state index in [0.717, 1.165) is 6.26 Å². The maximum absolute atomic E-state index is 11.6. The second-order valence-electron chi connectivity index (χ2n) is 4.27. The van der Waals surface area contributed by atoms with E-state index in [2.05, 4.69) is 4.72 Å². The number of sulfonamides is 1. The van der Waals surface area contributed by atoms with Crippen molar-refractivity contribution in [1.29, 1.82) is 0 Å². The normalized spacial score (nSPS) is 21.0. The highest BCUT2D eigenvalue weighted by Crippen LogP contribution is 2.15. The number of hydrogen-bond acceptors (Lipinski definition) is 3. The molecule has 1 atom stereocenters. The zero-order valence-corrected chi connectivity index (χ0v) is 10.5. The van der Waals surface area contributed by atoms with E-state index < -0.39 is 10.0 Å². The van der Waals surface area contributed by atoms with Crippen LogP contribution in [0.4, 0.5) is 0 Å². The molecule has 0 saturated heterocycles. The summed E-state index contributed by atoms with van der Waals surface area (Å²) in [6, 6.07) is -0.237. The number of Topliss-reactive ketones (excluding diaryl/α,β-unsaturated/α-hetero) is 1. The summed E-state index contributed by atoms with van der Waals surface area (Å²) in [5.74, 6) is 0.0596. The highest BCUT2D eigenvalue weighted by atomic mass is 32.2. The lowest BCUT2D eigenvalue weighted by atomic mass is 9.95. The fourth-order valence-corrected chi connectivity index (χ4v) is 2.22. The molecule has 0 aromatic heterocycles. The molecule has 0 spiro atoms. The summed E-state index contributed by atoms with van der Waals surface area (Å²) in [5, 5.41) is 0. The largest absolute Gasteiger partial charge is 0.294 e. The van der Waals surface area contributed by atoms with E-state index in [0.29, 0.717) is 12.0 Å². The maximum atomic E-state index is 11.6. The Balaban J connectivity index is 2.64. The van der Waals surface area contributed by atoms with Gasteiger partial charge in [-0.05, 0) is 6.42 Å². The van der Waals surface area contributed by atoms with Crippen molar-refractivity contribution in [2.24, 2.45) is 5.92 Å². The molecule has 0 saturated carbocycles. The molecule has 90 valence electrons. The first-order chi connectivity index (χ1) is 7.29. The third-order valence-corrected chi connectivity index (χ3v) is 3.01. The summed E-state index contributed by atoms with van der Waals surface area (Å²) < 4.78 is 24.5. The van der Waals surface area contributed by atoms with E-state index in [1.165, 1.54) is 0 Å². The van der Waals surface area contributed by atoms with Gasteiger partial charge in [0.1, 0.15) is 0 Å². The van der Waals surface area contributed by atoms with Crippen molar-refractivity contribution in [1.82, 2.24) is 4.72 Å². The number of nitrogens with one attached hydrogen (secondary N) is 1. The molecule has 0 bridgehead atoms. The zero-order chi connectivity index (χ0) is 12.3. The Hall–Kier alpha value is -0.940. The highest BCUT2D eigenvalue weighted by molar-refractivity contribution is 7.88. The van der Waals surface area contributed by atoms with Gasteiger partial charge in [-0.1, -0.05) is 32.1 Å². The molecule has 4 nitrogen and oxygen atoms in total. The van der Waals surface area contributed by atoms with Gasteiger partial charge in [-0.15, -0.1) is 0 Å². The van der Waals surface area contributed by atoms with Gasteiger partial charge in [-0.3, -0.25) is 4.79 Å². The number of rotatable bonds is 4. The third-order valence-electron chi connectivity index (χ3n) is 2.27. The van der Waals surface area contributed by atoms with Crippen molar-refractivity contribution >= 4 is 15.8 Å². The van der Waals surface area contributed by atoms with Crippen LogP contribution in [0.5, 0.6) is 0 Å². The maximum Gasteiger partial charge on any atom is 0.209 e. The standard InChI is InChI=1S/C11H17NO3S/c1-8(2)11(13)9-4-6-10(7-5-9)12-16(3,14)15/h4-6,8,10,12H,7H2,1-3H3. The first-order valence-electron chi connectivity index (χ1n) is 5.19. The van der Waals surface area contributed by atoms with E-state index in [9.17, 15) is 13.2 Å². The van der Waals surface area contributed by atoms with Gasteiger partial charge < -0.3 is 0 Å². The smallest absolute Gasteiger partial charge is 0.209 e. The Morgan fingerprint density at radius 1 is 1.50 bits per heavy atom. The molecule has 5 heteroatoms. The monoisotopic (exact) mass is 243 g/mol. The lowest BCUT2D eigenvalue weighted by molar-refractivity contribution is -0.117. The second-order valence-corrected chi connectivity index (χ2v) is 6.05. The van der Waals surface area contributed by atoms with Gasteiger partial charge in [-0.25, -0.2) is 13.1 Å². The number of ketones is 1. The number of hydrogen-bond donors (Lipinski definition) is 1. The van der Waals surface area contributed by atoms with E-state index in [1.54, 1.807) is 18.2 Å². The van der Waals surface area contributed by atoms with Crippen LogP contribution >= 0.6 is 0 Å². The first-order valence-corrected chi connectivity index (χ1v) is 7.08. The summed E-state index contributed by atoms with van der Waals surface area (Å²) in [5.41, 5.74) is 0.668. The minimum Gasteiger partial charge on any atom is -0.294 e. The molecule has 1 unspecified atom stereocenters. The Morgan fingerprint density at radius 2 is 2.12 bits per heavy atom. The third kappa shape index (κ3) is 3.90. The van der Waals surface area contributed by atoms with Crippen LogP contribution in [0, 0.1) is 5.92 Å². The van der Waals surface area contributed by atoms with Crippen LogP contribution in [0.2, 0.25) is 0 Å². The molecule has 0 heterocycles. The molecule has 1 aliphatic rings. The quantitative estimate of drug-likeness (QED) is 0.801. The lowest BCUT2D eigenvalue weighted by Crippen LogP contribution is -2.33. The van der Waals surface area contributed by atoms with Crippen molar-refractivity contribution in [3.05, 3.63) is 23.8 Å². The molecule has 0 radical (unpaired) electrons. The van der Waals surface area contributed by atoms with Gasteiger partial charge in [0.05, 0.1) is 6.26 Å². The molecule has 0 amide bonds. The lowest BCUT2D eigenvalue weighted by Gasteiger charge is -2.16. The number of allylic oxidation sites excluding steroid dienone is 2. The molecule has 0 aromatic carbocycles. The fraction of sp³-hybridized carbons (Fsp3) is 0.545. The van der Waals surface area contributed by atoms with Crippen LogP contribution in [0.3, 0.4) is 0 Å². The molecule has 1 aliphatic carbocycles. The summed E-state index contributed by atoms with van der Waals surface area (Å²) >= 11 is 0.